The molecule has 0 fully saturated rings. The normalized spacial score (nSPS) is 14.4. The van der Waals surface area contributed by atoms with Crippen LogP contribution in [0.3, 0.4) is 0 Å². The van der Waals surface area contributed by atoms with Crippen LogP contribution in [0, 0.1) is 0 Å². The van der Waals surface area contributed by atoms with Crippen molar-refractivity contribution in [1.29, 1.82) is 0 Å². The summed E-state index contributed by atoms with van der Waals surface area (Å²) in [6.45, 7) is 0. The van der Waals surface area contributed by atoms with Gasteiger partial charge in [0.25, 0.3) is 0 Å². The lowest BCUT2D eigenvalue weighted by Gasteiger charge is -2.00. The maximum absolute atomic E-state index is 12.1. The maximum atomic E-state index is 12.1. The van der Waals surface area contributed by atoms with E-state index in [0.29, 0.717) is 11.1 Å². The number of halogens is 1. The van der Waals surface area contributed by atoms with E-state index in [1.54, 1.807) is 36.4 Å². The zero-order valence-electron chi connectivity index (χ0n) is 10.3. The Bertz CT molecular complexity index is 580. The van der Waals surface area contributed by atoms with Crippen molar-refractivity contribution in [2.24, 2.45) is 0 Å². The summed E-state index contributed by atoms with van der Waals surface area (Å²) in [6.07, 6.45) is 8.01. The van der Waals surface area contributed by atoms with Gasteiger partial charge in [-0.2, -0.15) is 0 Å². The predicted octanol–water partition coefficient (Wildman–Crippen LogP) is 3.65. The van der Waals surface area contributed by atoms with E-state index >= 15 is 0 Å². The van der Waals surface area contributed by atoms with Gasteiger partial charge in [-0.25, -0.2) is 0 Å². The highest BCUT2D eigenvalue weighted by Crippen LogP contribution is 2.15. The molecule has 0 saturated carbocycles. The van der Waals surface area contributed by atoms with E-state index in [0.717, 1.165) is 11.8 Å². The van der Waals surface area contributed by atoms with E-state index in [1.165, 1.54) is 5.57 Å². The van der Waals surface area contributed by atoms with Gasteiger partial charge in [-0.3, -0.25) is 9.59 Å². The number of carbonyl (C=O) groups excluding carboxylic acids is 2. The molecule has 19 heavy (non-hydrogen) atoms. The summed E-state index contributed by atoms with van der Waals surface area (Å²) in [5.41, 5.74) is 2.03. The van der Waals surface area contributed by atoms with Crippen LogP contribution in [0.2, 0.25) is 0 Å². The summed E-state index contributed by atoms with van der Waals surface area (Å²) < 4.78 is 0. The molecule has 0 radical (unpaired) electrons. The van der Waals surface area contributed by atoms with Gasteiger partial charge in [0.2, 0.25) is 11.6 Å². The number of benzene rings is 1. The highest BCUT2D eigenvalue weighted by molar-refractivity contribution is 9.09. The minimum absolute atomic E-state index is 0.427. The molecule has 1 aliphatic carbocycles. The summed E-state index contributed by atoms with van der Waals surface area (Å²) in [4.78, 5) is 24.2. The van der Waals surface area contributed by atoms with Gasteiger partial charge in [-0.05, 0) is 6.42 Å². The molecule has 1 aromatic rings. The minimum atomic E-state index is -0.466. The molecule has 0 amide bonds. The molecule has 0 unspecified atom stereocenters. The minimum Gasteiger partial charge on any atom is -0.285 e. The fourth-order valence-corrected chi connectivity index (χ4v) is 2.19. The molecule has 0 heterocycles. The molecule has 0 N–H and O–H groups in total. The van der Waals surface area contributed by atoms with Gasteiger partial charge in [0.05, 0.1) is 0 Å². The summed E-state index contributed by atoms with van der Waals surface area (Å²) in [5, 5.41) is 0.766. The number of hydrogen-bond donors (Lipinski definition) is 0. The number of ketones is 2. The number of carbonyl (C=O) groups is 2. The van der Waals surface area contributed by atoms with Crippen molar-refractivity contribution in [1.82, 2.24) is 0 Å². The average molecular weight is 317 g/mol. The molecule has 0 aromatic heterocycles. The van der Waals surface area contributed by atoms with Crippen molar-refractivity contribution in [3.8, 4) is 0 Å². The van der Waals surface area contributed by atoms with Crippen molar-refractivity contribution < 1.29 is 9.59 Å². The second-order valence-corrected chi connectivity index (χ2v) is 4.77. The average Bonchev–Trinajstić information content (AvgIpc) is 2.72. The van der Waals surface area contributed by atoms with E-state index in [4.69, 9.17) is 0 Å². The molecule has 3 heteroatoms. The SMILES string of the molecule is O=C(C(=O)c1ccccc1)C1=CC=C(CBr)CC=C1. The van der Waals surface area contributed by atoms with Crippen molar-refractivity contribution in [2.45, 2.75) is 6.42 Å². The molecule has 0 saturated heterocycles. The second kappa shape index (κ2) is 6.43. The predicted molar refractivity (Wildman–Crippen MR) is 79.5 cm³/mol. The van der Waals surface area contributed by atoms with Crippen molar-refractivity contribution >= 4 is 27.5 Å². The summed E-state index contributed by atoms with van der Waals surface area (Å²) >= 11 is 3.38. The van der Waals surface area contributed by atoms with Crippen LogP contribution in [-0.2, 0) is 4.79 Å². The Balaban J connectivity index is 2.23. The van der Waals surface area contributed by atoms with Crippen LogP contribution in [0.5, 0.6) is 0 Å². The van der Waals surface area contributed by atoms with E-state index in [9.17, 15) is 9.59 Å². The Morgan fingerprint density at radius 2 is 1.79 bits per heavy atom. The van der Waals surface area contributed by atoms with Gasteiger partial charge >= 0.3 is 0 Å². The van der Waals surface area contributed by atoms with Crippen molar-refractivity contribution in [2.75, 3.05) is 5.33 Å². The van der Waals surface area contributed by atoms with E-state index in [2.05, 4.69) is 15.9 Å². The van der Waals surface area contributed by atoms with E-state index in [1.807, 2.05) is 18.2 Å². The molecule has 0 bridgehead atoms. The maximum Gasteiger partial charge on any atom is 0.233 e. The Labute approximate surface area is 120 Å². The summed E-state index contributed by atoms with van der Waals surface area (Å²) in [5.74, 6) is -0.929. The molecule has 0 aliphatic heterocycles. The quantitative estimate of drug-likeness (QED) is 0.483. The first-order chi connectivity index (χ1) is 9.22. The third-order valence-electron chi connectivity index (χ3n) is 2.85. The monoisotopic (exact) mass is 316 g/mol. The summed E-state index contributed by atoms with van der Waals surface area (Å²) in [7, 11) is 0. The molecule has 1 aliphatic rings. The van der Waals surface area contributed by atoms with Gasteiger partial charge in [0, 0.05) is 16.5 Å². The molecular formula is C16H13BrO2. The lowest BCUT2D eigenvalue weighted by molar-refractivity contribution is -0.111. The lowest BCUT2D eigenvalue weighted by Crippen LogP contribution is -2.15. The zero-order chi connectivity index (χ0) is 13.7. The van der Waals surface area contributed by atoms with Crippen LogP contribution in [0.25, 0.3) is 0 Å². The Morgan fingerprint density at radius 1 is 1.05 bits per heavy atom. The van der Waals surface area contributed by atoms with Gasteiger partial charge < -0.3 is 0 Å². The standard InChI is InChI=1S/C16H13BrO2/c17-11-12-5-4-8-14(10-9-12)16(19)15(18)13-6-2-1-3-7-13/h1-4,6-10H,5,11H2. The molecular weight excluding hydrogens is 304 g/mol. The van der Waals surface area contributed by atoms with Gasteiger partial charge in [-0.1, -0.05) is 76.1 Å². The van der Waals surface area contributed by atoms with Gasteiger partial charge in [-0.15, -0.1) is 0 Å². The van der Waals surface area contributed by atoms with Crippen LogP contribution in [-0.4, -0.2) is 16.9 Å². The van der Waals surface area contributed by atoms with Crippen molar-refractivity contribution in [3.63, 3.8) is 0 Å². The second-order valence-electron chi connectivity index (χ2n) is 4.21. The Kier molecular flexibility index (Phi) is 4.63. The van der Waals surface area contributed by atoms with E-state index < -0.39 is 11.6 Å². The first-order valence-corrected chi connectivity index (χ1v) is 7.11. The van der Waals surface area contributed by atoms with Crippen LogP contribution >= 0.6 is 15.9 Å². The third-order valence-corrected chi connectivity index (χ3v) is 3.57. The zero-order valence-corrected chi connectivity index (χ0v) is 11.9. The Morgan fingerprint density at radius 3 is 2.47 bits per heavy atom. The summed E-state index contributed by atoms with van der Waals surface area (Å²) in [6, 6.07) is 8.63. The number of rotatable bonds is 4. The smallest absolute Gasteiger partial charge is 0.233 e. The number of Topliss-reactive ketones (excluding diaryl/α,β-unsaturated/α-hetero) is 2. The molecule has 0 atom stereocenters. The highest BCUT2D eigenvalue weighted by Gasteiger charge is 2.18. The molecule has 2 rings (SSSR count). The number of hydrogen-bond acceptors (Lipinski definition) is 2. The molecule has 2 nitrogen and oxygen atoms in total. The van der Waals surface area contributed by atoms with Crippen LogP contribution in [0.1, 0.15) is 16.8 Å². The van der Waals surface area contributed by atoms with Gasteiger partial charge in [0.1, 0.15) is 0 Å². The first-order valence-electron chi connectivity index (χ1n) is 5.98. The first kappa shape index (κ1) is 13.7. The third kappa shape index (κ3) is 3.38. The Hall–Kier alpha value is -1.74. The molecule has 0 spiro atoms. The molecule has 96 valence electrons. The topological polar surface area (TPSA) is 34.1 Å². The molecule has 1 aromatic carbocycles. The lowest BCUT2D eigenvalue weighted by atomic mass is 10.0. The van der Waals surface area contributed by atoms with Crippen LogP contribution < -0.4 is 0 Å². The fraction of sp³-hybridized carbons (Fsp3) is 0.125. The van der Waals surface area contributed by atoms with Crippen LogP contribution in [0.4, 0.5) is 0 Å². The number of alkyl halides is 1. The van der Waals surface area contributed by atoms with Gasteiger partial charge in [0.15, 0.2) is 0 Å². The van der Waals surface area contributed by atoms with Crippen LogP contribution in [0.15, 0.2) is 65.8 Å². The highest BCUT2D eigenvalue weighted by atomic mass is 79.9. The van der Waals surface area contributed by atoms with E-state index in [-0.39, 0.29) is 0 Å². The largest absolute Gasteiger partial charge is 0.285 e. The fourth-order valence-electron chi connectivity index (χ4n) is 1.77. The number of allylic oxidation sites excluding steroid dienone is 6. The van der Waals surface area contributed by atoms with Crippen molar-refractivity contribution in [3.05, 3.63) is 71.3 Å².